The highest BCUT2D eigenvalue weighted by molar-refractivity contribution is 5.78. The molecule has 1 heterocycles. The fourth-order valence-corrected chi connectivity index (χ4v) is 1.78. The molecule has 0 saturated carbocycles. The molecule has 0 aliphatic carbocycles. The molecule has 1 N–H and O–H groups in total. The first-order chi connectivity index (χ1) is 7.79. The molecule has 0 radical (unpaired) electrons. The van der Waals surface area contributed by atoms with Gasteiger partial charge in [-0.3, -0.25) is 9.88 Å². The van der Waals surface area contributed by atoms with Crippen molar-refractivity contribution in [2.45, 2.75) is 6.54 Å². The molecule has 3 nitrogen and oxygen atoms in total. The number of fused-ring (bicyclic) bond motifs is 1. The van der Waals surface area contributed by atoms with E-state index < -0.39 is 0 Å². The van der Waals surface area contributed by atoms with Gasteiger partial charge in [0.2, 0.25) is 0 Å². The van der Waals surface area contributed by atoms with Gasteiger partial charge < -0.3 is 5.11 Å². The number of benzene rings is 1. The molecule has 2 aromatic rings. The van der Waals surface area contributed by atoms with Crippen molar-refractivity contribution in [1.82, 2.24) is 9.88 Å². The van der Waals surface area contributed by atoms with Crippen molar-refractivity contribution in [2.24, 2.45) is 0 Å². The predicted octanol–water partition coefficient (Wildman–Crippen LogP) is 1.66. The summed E-state index contributed by atoms with van der Waals surface area (Å²) in [5.74, 6) is 0. The quantitative estimate of drug-likeness (QED) is 0.844. The SMILES string of the molecule is CN(CCO)Cc1ccc2ncccc2c1. The average Bonchev–Trinajstić information content (AvgIpc) is 2.29. The number of hydrogen-bond acceptors (Lipinski definition) is 3. The van der Waals surface area contributed by atoms with Crippen LogP contribution in [0.4, 0.5) is 0 Å². The van der Waals surface area contributed by atoms with E-state index in [9.17, 15) is 0 Å². The highest BCUT2D eigenvalue weighted by Gasteiger charge is 2.01. The normalized spacial score (nSPS) is 11.2. The Morgan fingerprint density at radius 1 is 1.31 bits per heavy atom. The van der Waals surface area contributed by atoms with Crippen LogP contribution in [0, 0.1) is 0 Å². The minimum atomic E-state index is 0.200. The van der Waals surface area contributed by atoms with Crippen molar-refractivity contribution < 1.29 is 5.11 Å². The van der Waals surface area contributed by atoms with Gasteiger partial charge in [-0.15, -0.1) is 0 Å². The molecule has 3 heteroatoms. The molecule has 0 saturated heterocycles. The molecule has 0 fully saturated rings. The smallest absolute Gasteiger partial charge is 0.0702 e. The van der Waals surface area contributed by atoms with Crippen LogP contribution < -0.4 is 0 Å². The summed E-state index contributed by atoms with van der Waals surface area (Å²) < 4.78 is 0. The van der Waals surface area contributed by atoms with Crippen molar-refractivity contribution in [3.8, 4) is 0 Å². The van der Waals surface area contributed by atoms with Gasteiger partial charge in [-0.2, -0.15) is 0 Å². The molecule has 2 rings (SSSR count). The van der Waals surface area contributed by atoms with Gasteiger partial charge in [0.1, 0.15) is 0 Å². The van der Waals surface area contributed by atoms with Gasteiger partial charge in [-0.25, -0.2) is 0 Å². The van der Waals surface area contributed by atoms with Crippen molar-refractivity contribution >= 4 is 10.9 Å². The summed E-state index contributed by atoms with van der Waals surface area (Å²) in [6.45, 7) is 1.75. The molecule has 84 valence electrons. The molecule has 0 spiro atoms. The summed E-state index contributed by atoms with van der Waals surface area (Å²) in [5, 5.41) is 10.00. The highest BCUT2D eigenvalue weighted by atomic mass is 16.3. The topological polar surface area (TPSA) is 36.4 Å². The van der Waals surface area contributed by atoms with Crippen LogP contribution in [0.2, 0.25) is 0 Å². The third kappa shape index (κ3) is 2.56. The third-order valence-corrected chi connectivity index (χ3v) is 2.60. The maximum absolute atomic E-state index is 8.83. The lowest BCUT2D eigenvalue weighted by Gasteiger charge is -2.15. The van der Waals surface area contributed by atoms with Crippen LogP contribution in [0.15, 0.2) is 36.5 Å². The summed E-state index contributed by atoms with van der Waals surface area (Å²) in [4.78, 5) is 6.38. The number of hydrogen-bond donors (Lipinski definition) is 1. The first-order valence-electron chi connectivity index (χ1n) is 5.42. The van der Waals surface area contributed by atoms with Crippen LogP contribution in [-0.4, -0.2) is 35.2 Å². The summed E-state index contributed by atoms with van der Waals surface area (Å²) in [5.41, 5.74) is 2.27. The number of likely N-dealkylation sites (N-methyl/N-ethyl adjacent to an activating group) is 1. The Kier molecular flexibility index (Phi) is 3.49. The Hall–Kier alpha value is -1.45. The van der Waals surface area contributed by atoms with E-state index in [-0.39, 0.29) is 6.61 Å². The average molecular weight is 216 g/mol. The van der Waals surface area contributed by atoms with Gasteiger partial charge in [0.15, 0.2) is 0 Å². The van der Waals surface area contributed by atoms with Crippen molar-refractivity contribution in [3.05, 3.63) is 42.1 Å². The molecule has 16 heavy (non-hydrogen) atoms. The van der Waals surface area contributed by atoms with Crippen LogP contribution in [0.25, 0.3) is 10.9 Å². The first kappa shape index (κ1) is 11.0. The van der Waals surface area contributed by atoms with E-state index in [0.717, 1.165) is 17.4 Å². The predicted molar refractivity (Wildman–Crippen MR) is 65.2 cm³/mol. The number of rotatable bonds is 4. The molecule has 0 amide bonds. The lowest BCUT2D eigenvalue weighted by atomic mass is 10.1. The minimum Gasteiger partial charge on any atom is -0.395 e. The van der Waals surface area contributed by atoms with E-state index in [1.807, 2.05) is 19.2 Å². The summed E-state index contributed by atoms with van der Waals surface area (Å²) >= 11 is 0. The van der Waals surface area contributed by atoms with E-state index in [2.05, 4.69) is 28.1 Å². The number of aromatic nitrogens is 1. The summed E-state index contributed by atoms with van der Waals surface area (Å²) in [7, 11) is 2.00. The monoisotopic (exact) mass is 216 g/mol. The van der Waals surface area contributed by atoms with Crippen LogP contribution in [0.3, 0.4) is 0 Å². The third-order valence-electron chi connectivity index (χ3n) is 2.60. The first-order valence-corrected chi connectivity index (χ1v) is 5.42. The zero-order valence-corrected chi connectivity index (χ0v) is 9.43. The number of aliphatic hydroxyl groups is 1. The number of aliphatic hydroxyl groups excluding tert-OH is 1. The lowest BCUT2D eigenvalue weighted by molar-refractivity contribution is 0.217. The van der Waals surface area contributed by atoms with E-state index in [1.54, 1.807) is 6.20 Å². The second kappa shape index (κ2) is 5.05. The fraction of sp³-hybridized carbons (Fsp3) is 0.308. The van der Waals surface area contributed by atoms with Crippen molar-refractivity contribution in [1.29, 1.82) is 0 Å². The second-order valence-electron chi connectivity index (χ2n) is 3.99. The molecule has 1 aromatic carbocycles. The van der Waals surface area contributed by atoms with Gasteiger partial charge >= 0.3 is 0 Å². The molecule has 0 aliphatic rings. The molecule has 0 atom stereocenters. The number of nitrogens with zero attached hydrogens (tertiary/aromatic N) is 2. The number of pyridine rings is 1. The Balaban J connectivity index is 2.19. The van der Waals surface area contributed by atoms with E-state index in [1.165, 1.54) is 5.56 Å². The van der Waals surface area contributed by atoms with Gasteiger partial charge in [0.25, 0.3) is 0 Å². The summed E-state index contributed by atoms with van der Waals surface area (Å²) in [6, 6.07) is 10.3. The Bertz CT molecular complexity index is 470. The van der Waals surface area contributed by atoms with Crippen molar-refractivity contribution in [3.63, 3.8) is 0 Å². The molecule has 0 aliphatic heterocycles. The van der Waals surface area contributed by atoms with Crippen LogP contribution >= 0.6 is 0 Å². The van der Waals surface area contributed by atoms with Crippen molar-refractivity contribution in [2.75, 3.05) is 20.2 Å². The largest absolute Gasteiger partial charge is 0.395 e. The van der Waals surface area contributed by atoms with E-state index in [4.69, 9.17) is 5.11 Å². The Morgan fingerprint density at radius 3 is 3.00 bits per heavy atom. The fourth-order valence-electron chi connectivity index (χ4n) is 1.78. The summed E-state index contributed by atoms with van der Waals surface area (Å²) in [6.07, 6.45) is 1.81. The van der Waals surface area contributed by atoms with Crippen LogP contribution in [0.5, 0.6) is 0 Å². The van der Waals surface area contributed by atoms with Gasteiger partial charge in [-0.1, -0.05) is 12.1 Å². The maximum atomic E-state index is 8.83. The van der Waals surface area contributed by atoms with Gasteiger partial charge in [0.05, 0.1) is 12.1 Å². The molecular formula is C13H16N2O. The standard InChI is InChI=1S/C13H16N2O/c1-15(7-8-16)10-11-4-5-13-12(9-11)3-2-6-14-13/h2-6,9,16H,7-8,10H2,1H3. The highest BCUT2D eigenvalue weighted by Crippen LogP contribution is 2.14. The van der Waals surface area contributed by atoms with E-state index in [0.29, 0.717) is 6.54 Å². The molecule has 1 aromatic heterocycles. The second-order valence-corrected chi connectivity index (χ2v) is 3.99. The zero-order valence-electron chi connectivity index (χ0n) is 9.43. The van der Waals surface area contributed by atoms with Crippen LogP contribution in [-0.2, 0) is 6.54 Å². The lowest BCUT2D eigenvalue weighted by Crippen LogP contribution is -2.21. The maximum Gasteiger partial charge on any atom is 0.0702 e. The Labute approximate surface area is 95.3 Å². The minimum absolute atomic E-state index is 0.200. The Morgan fingerprint density at radius 2 is 2.19 bits per heavy atom. The van der Waals surface area contributed by atoms with Gasteiger partial charge in [-0.05, 0) is 30.8 Å². The van der Waals surface area contributed by atoms with Crippen LogP contribution in [0.1, 0.15) is 5.56 Å². The molecule has 0 bridgehead atoms. The zero-order chi connectivity index (χ0) is 11.4. The molecule has 0 unspecified atom stereocenters. The van der Waals surface area contributed by atoms with Gasteiger partial charge in [0, 0.05) is 24.7 Å². The van der Waals surface area contributed by atoms with E-state index >= 15 is 0 Å². The molecular weight excluding hydrogens is 200 g/mol.